The minimum atomic E-state index is -4.39. The lowest BCUT2D eigenvalue weighted by Crippen LogP contribution is -2.20. The van der Waals surface area contributed by atoms with Crippen LogP contribution in [-0.2, 0) is 4.79 Å². The molecule has 0 heterocycles. The van der Waals surface area contributed by atoms with E-state index in [1.54, 1.807) is 0 Å². The van der Waals surface area contributed by atoms with Crippen molar-refractivity contribution in [1.82, 2.24) is 0 Å². The highest BCUT2D eigenvalue weighted by molar-refractivity contribution is 5.85. The number of carbonyl (C=O) groups excluding carboxylic acids is 1. The van der Waals surface area contributed by atoms with Crippen LogP contribution in [0.15, 0.2) is 18.2 Å². The fraction of sp³-hybridized carbons (Fsp3) is 0.364. The molecule has 0 saturated heterocycles. The first-order valence-electron chi connectivity index (χ1n) is 5.02. The Kier molecular flexibility index (Phi) is 6.11. The average Bonchev–Trinajstić information content (AvgIpc) is 2.17. The van der Waals surface area contributed by atoms with Crippen LogP contribution in [-0.4, -0.2) is 17.3 Å². The van der Waals surface area contributed by atoms with Crippen molar-refractivity contribution in [2.45, 2.75) is 25.6 Å². The normalized spacial score (nSPS) is 12.5. The lowest BCUT2D eigenvalue weighted by atomic mass is 10.0. The molecule has 0 radical (unpaired) electrons. The highest BCUT2D eigenvalue weighted by Gasteiger charge is 2.31. The first kappa shape index (κ1) is 17.5. The third-order valence-electron chi connectivity index (χ3n) is 2.12. The van der Waals surface area contributed by atoms with Gasteiger partial charge in [-0.25, -0.2) is 0 Å². The summed E-state index contributed by atoms with van der Waals surface area (Å²) in [5.41, 5.74) is 5.47. The molecule has 0 aliphatic heterocycles. The number of carbonyl (C=O) groups is 1. The van der Waals surface area contributed by atoms with Crippen LogP contribution in [0, 0.1) is 0 Å². The van der Waals surface area contributed by atoms with Gasteiger partial charge in [-0.15, -0.1) is 12.4 Å². The number of alkyl halides is 3. The van der Waals surface area contributed by atoms with Gasteiger partial charge in [0.2, 0.25) is 0 Å². The van der Waals surface area contributed by atoms with Crippen LogP contribution < -0.4 is 10.5 Å². The van der Waals surface area contributed by atoms with Crippen molar-refractivity contribution < 1.29 is 27.8 Å². The van der Waals surface area contributed by atoms with Gasteiger partial charge in [0.05, 0.1) is 6.42 Å². The Morgan fingerprint density at radius 3 is 2.47 bits per heavy atom. The van der Waals surface area contributed by atoms with Crippen molar-refractivity contribution >= 4 is 18.4 Å². The molecule has 0 fully saturated rings. The van der Waals surface area contributed by atoms with Crippen molar-refractivity contribution in [3.05, 3.63) is 23.8 Å². The van der Waals surface area contributed by atoms with E-state index in [-0.39, 0.29) is 23.7 Å². The number of benzene rings is 1. The van der Waals surface area contributed by atoms with Gasteiger partial charge >= 0.3 is 12.1 Å². The quantitative estimate of drug-likeness (QED) is 0.665. The topological polar surface area (TPSA) is 72.5 Å². The summed E-state index contributed by atoms with van der Waals surface area (Å²) in [4.78, 5) is 10.7. The molecule has 1 atom stereocenters. The molecule has 8 heteroatoms. The fourth-order valence-corrected chi connectivity index (χ4v) is 1.37. The maximum atomic E-state index is 12.1. The SMILES string of the molecule is CC(=O)Oc1ccc([C@H](N)CC(F)(F)F)cc1O.Cl. The summed E-state index contributed by atoms with van der Waals surface area (Å²) in [6, 6.07) is 2.24. The number of rotatable bonds is 3. The van der Waals surface area contributed by atoms with E-state index < -0.39 is 30.4 Å². The number of hydrogen-bond donors (Lipinski definition) is 2. The zero-order chi connectivity index (χ0) is 13.9. The standard InChI is InChI=1S/C11H12F3NO3.ClH/c1-6(16)18-10-3-2-7(4-9(10)17)8(15)5-11(12,13)14;/h2-4,8,17H,5,15H2,1H3;1H/t8-;/m1./s1. The Morgan fingerprint density at radius 2 is 2.05 bits per heavy atom. The molecular formula is C11H13ClF3NO3. The van der Waals surface area contributed by atoms with Gasteiger partial charge in [0.1, 0.15) is 0 Å². The molecule has 0 bridgehead atoms. The van der Waals surface area contributed by atoms with Crippen LogP contribution in [0.4, 0.5) is 13.2 Å². The average molecular weight is 300 g/mol. The second-order valence-corrected chi connectivity index (χ2v) is 3.75. The van der Waals surface area contributed by atoms with E-state index in [0.29, 0.717) is 0 Å². The van der Waals surface area contributed by atoms with Gasteiger partial charge < -0.3 is 15.6 Å². The summed E-state index contributed by atoms with van der Waals surface area (Å²) in [6.07, 6.45) is -5.58. The number of ether oxygens (including phenoxy) is 1. The zero-order valence-electron chi connectivity index (χ0n) is 9.90. The van der Waals surface area contributed by atoms with Gasteiger partial charge in [-0.3, -0.25) is 4.79 Å². The molecule has 0 saturated carbocycles. The maximum absolute atomic E-state index is 12.1. The van der Waals surface area contributed by atoms with E-state index in [0.717, 1.165) is 13.0 Å². The Hall–Kier alpha value is -1.47. The van der Waals surface area contributed by atoms with Gasteiger partial charge in [0.15, 0.2) is 11.5 Å². The molecule has 0 aliphatic carbocycles. The minimum absolute atomic E-state index is 0. The van der Waals surface area contributed by atoms with Gasteiger partial charge in [-0.05, 0) is 17.7 Å². The van der Waals surface area contributed by atoms with Crippen molar-refractivity contribution in [2.75, 3.05) is 0 Å². The van der Waals surface area contributed by atoms with E-state index in [9.17, 15) is 23.1 Å². The summed E-state index contributed by atoms with van der Waals surface area (Å²) in [5, 5.41) is 9.47. The zero-order valence-corrected chi connectivity index (χ0v) is 10.7. The summed E-state index contributed by atoms with van der Waals surface area (Å²) in [5.74, 6) is -1.19. The van der Waals surface area contributed by atoms with Crippen LogP contribution in [0.25, 0.3) is 0 Å². The van der Waals surface area contributed by atoms with Crippen molar-refractivity contribution in [3.8, 4) is 11.5 Å². The van der Waals surface area contributed by atoms with E-state index in [1.165, 1.54) is 12.1 Å². The fourth-order valence-electron chi connectivity index (χ4n) is 1.37. The number of halogens is 4. The van der Waals surface area contributed by atoms with Crippen molar-refractivity contribution in [2.24, 2.45) is 5.73 Å². The smallest absolute Gasteiger partial charge is 0.390 e. The number of aromatic hydroxyl groups is 1. The number of hydrogen-bond acceptors (Lipinski definition) is 4. The van der Waals surface area contributed by atoms with Gasteiger partial charge in [0.25, 0.3) is 0 Å². The summed E-state index contributed by atoms with van der Waals surface area (Å²) < 4.78 is 41.0. The number of phenols is 1. The molecule has 108 valence electrons. The van der Waals surface area contributed by atoms with E-state index >= 15 is 0 Å². The molecule has 3 N–H and O–H groups in total. The molecule has 1 rings (SSSR count). The highest BCUT2D eigenvalue weighted by atomic mass is 35.5. The Labute approximate surface area is 113 Å². The third-order valence-corrected chi connectivity index (χ3v) is 2.12. The van der Waals surface area contributed by atoms with Crippen LogP contribution in [0.3, 0.4) is 0 Å². The molecule has 0 aromatic heterocycles. The molecule has 0 aliphatic rings. The van der Waals surface area contributed by atoms with E-state index in [2.05, 4.69) is 4.74 Å². The van der Waals surface area contributed by atoms with Gasteiger partial charge in [-0.1, -0.05) is 6.07 Å². The van der Waals surface area contributed by atoms with Crippen molar-refractivity contribution in [3.63, 3.8) is 0 Å². The molecule has 0 amide bonds. The van der Waals surface area contributed by atoms with Crippen LogP contribution in [0.2, 0.25) is 0 Å². The Balaban J connectivity index is 0.00000324. The lowest BCUT2D eigenvalue weighted by Gasteiger charge is -2.15. The van der Waals surface area contributed by atoms with Crippen molar-refractivity contribution in [1.29, 1.82) is 0 Å². The summed E-state index contributed by atoms with van der Waals surface area (Å²) in [7, 11) is 0. The second-order valence-electron chi connectivity index (χ2n) is 3.75. The monoisotopic (exact) mass is 299 g/mol. The largest absolute Gasteiger partial charge is 0.504 e. The number of nitrogens with two attached hydrogens (primary N) is 1. The molecule has 1 aromatic carbocycles. The summed E-state index contributed by atoms with van der Waals surface area (Å²) >= 11 is 0. The Morgan fingerprint density at radius 1 is 1.47 bits per heavy atom. The Bertz CT molecular complexity index is 451. The lowest BCUT2D eigenvalue weighted by molar-refractivity contribution is -0.138. The first-order valence-corrected chi connectivity index (χ1v) is 5.02. The van der Waals surface area contributed by atoms with Crippen LogP contribution in [0.1, 0.15) is 24.9 Å². The van der Waals surface area contributed by atoms with E-state index in [4.69, 9.17) is 5.73 Å². The molecule has 4 nitrogen and oxygen atoms in total. The molecule has 1 aromatic rings. The first-order chi connectivity index (χ1) is 8.19. The van der Waals surface area contributed by atoms with Crippen LogP contribution in [0.5, 0.6) is 11.5 Å². The highest BCUT2D eigenvalue weighted by Crippen LogP contribution is 2.33. The van der Waals surface area contributed by atoms with Crippen LogP contribution >= 0.6 is 12.4 Å². The van der Waals surface area contributed by atoms with Gasteiger partial charge in [-0.2, -0.15) is 13.2 Å². The predicted octanol–water partition coefficient (Wildman–Crippen LogP) is 2.69. The maximum Gasteiger partial charge on any atom is 0.390 e. The van der Waals surface area contributed by atoms with E-state index in [1.807, 2.05) is 0 Å². The molecule has 0 spiro atoms. The number of phenolic OH excluding ortho intramolecular Hbond substituents is 1. The van der Waals surface area contributed by atoms with Gasteiger partial charge in [0, 0.05) is 13.0 Å². The minimum Gasteiger partial charge on any atom is -0.504 e. The number of esters is 1. The molecular weight excluding hydrogens is 287 g/mol. The molecule has 0 unspecified atom stereocenters. The second kappa shape index (κ2) is 6.63. The summed E-state index contributed by atoms with van der Waals surface area (Å²) in [6.45, 7) is 1.14. The molecule has 19 heavy (non-hydrogen) atoms. The predicted molar refractivity (Wildman–Crippen MR) is 64.3 cm³/mol. The third kappa shape index (κ3) is 5.80.